The minimum absolute atomic E-state index is 0.216. The molecule has 0 aromatic heterocycles. The molecule has 2 aromatic rings. The van der Waals surface area contributed by atoms with Crippen LogP contribution < -0.4 is 0 Å². The summed E-state index contributed by atoms with van der Waals surface area (Å²) in [5, 5.41) is 30.1. The van der Waals surface area contributed by atoms with Crippen LogP contribution in [0.3, 0.4) is 0 Å². The number of benzene rings is 2. The van der Waals surface area contributed by atoms with Gasteiger partial charge in [-0.05, 0) is 52.3 Å². The second kappa shape index (κ2) is 10.0. The van der Waals surface area contributed by atoms with E-state index in [1.165, 1.54) is 27.7 Å². The molecule has 0 heterocycles. The lowest BCUT2D eigenvalue weighted by molar-refractivity contribution is 0.0487. The largest absolute Gasteiger partial charge is 0.392 e. The van der Waals surface area contributed by atoms with Crippen LogP contribution in [0, 0.1) is 0 Å². The minimum Gasteiger partial charge on any atom is -0.392 e. The lowest BCUT2D eigenvalue weighted by atomic mass is 9.91. The average molecular weight is 442 g/mol. The number of likely N-dealkylation sites (N-methyl/N-ethyl adjacent to an activating group) is 1. The molecule has 6 nitrogen and oxygen atoms in total. The van der Waals surface area contributed by atoms with Crippen LogP contribution in [0.15, 0.2) is 48.5 Å². The summed E-state index contributed by atoms with van der Waals surface area (Å²) in [4.78, 5) is 26.9. The number of carbonyl (C=O) groups excluding carboxylic acids is 2. The molecular formula is C26H35NO5. The highest BCUT2D eigenvalue weighted by Gasteiger charge is 2.28. The molecular weight excluding hydrogens is 406 g/mol. The quantitative estimate of drug-likeness (QED) is 0.489. The molecule has 0 aliphatic rings. The first-order chi connectivity index (χ1) is 14.8. The van der Waals surface area contributed by atoms with E-state index < -0.39 is 17.3 Å². The molecule has 174 valence electrons. The van der Waals surface area contributed by atoms with Gasteiger partial charge in [0.1, 0.15) is 11.2 Å². The van der Waals surface area contributed by atoms with E-state index in [1.807, 2.05) is 31.2 Å². The second-order valence-electron chi connectivity index (χ2n) is 9.36. The van der Waals surface area contributed by atoms with Crippen LogP contribution in [0.25, 0.3) is 0 Å². The smallest absolute Gasteiger partial charge is 0.193 e. The van der Waals surface area contributed by atoms with Gasteiger partial charge in [-0.2, -0.15) is 0 Å². The fourth-order valence-electron chi connectivity index (χ4n) is 3.71. The Morgan fingerprint density at radius 2 is 1.16 bits per heavy atom. The summed E-state index contributed by atoms with van der Waals surface area (Å²) >= 11 is 0. The summed E-state index contributed by atoms with van der Waals surface area (Å²) < 4.78 is 0. The summed E-state index contributed by atoms with van der Waals surface area (Å²) in [5.74, 6) is -0.710. The van der Waals surface area contributed by atoms with E-state index in [4.69, 9.17) is 0 Å². The Hall–Kier alpha value is -2.38. The van der Waals surface area contributed by atoms with Gasteiger partial charge >= 0.3 is 0 Å². The molecule has 0 spiro atoms. The number of hydrogen-bond acceptors (Lipinski definition) is 6. The summed E-state index contributed by atoms with van der Waals surface area (Å²) in [5.41, 5.74) is -0.228. The van der Waals surface area contributed by atoms with Crippen molar-refractivity contribution in [3.8, 4) is 0 Å². The molecule has 0 saturated heterocycles. The number of nitrogens with zero attached hydrogens (tertiary/aromatic N) is 1. The van der Waals surface area contributed by atoms with Crippen molar-refractivity contribution in [2.24, 2.45) is 0 Å². The van der Waals surface area contributed by atoms with Crippen LogP contribution >= 0.6 is 0 Å². The number of hydrogen-bond donors (Lipinski definition) is 3. The topological polar surface area (TPSA) is 98.1 Å². The highest BCUT2D eigenvalue weighted by Crippen LogP contribution is 2.30. The third-order valence-corrected chi connectivity index (χ3v) is 5.36. The molecule has 0 aliphatic carbocycles. The van der Waals surface area contributed by atoms with E-state index >= 15 is 0 Å². The molecule has 0 bridgehead atoms. The molecule has 2 rings (SSSR count). The monoisotopic (exact) mass is 441 g/mol. The number of Topliss-reactive ketones (excluding diaryl/α,β-unsaturated/α-hetero) is 2. The Morgan fingerprint density at radius 1 is 0.812 bits per heavy atom. The van der Waals surface area contributed by atoms with Gasteiger partial charge in [0.25, 0.3) is 0 Å². The fourth-order valence-corrected chi connectivity index (χ4v) is 3.71. The predicted octanol–water partition coefficient (Wildman–Crippen LogP) is 3.39. The van der Waals surface area contributed by atoms with Crippen molar-refractivity contribution in [3.05, 3.63) is 70.8 Å². The van der Waals surface area contributed by atoms with E-state index in [9.17, 15) is 24.9 Å². The summed E-state index contributed by atoms with van der Waals surface area (Å²) in [6.45, 7) is 10.7. The lowest BCUT2D eigenvalue weighted by Crippen LogP contribution is -2.35. The molecule has 1 atom stereocenters. The predicted molar refractivity (Wildman–Crippen MR) is 125 cm³/mol. The Bertz CT molecular complexity index is 849. The van der Waals surface area contributed by atoms with Crippen molar-refractivity contribution in [1.82, 2.24) is 4.90 Å². The molecule has 0 saturated carbocycles. The van der Waals surface area contributed by atoms with E-state index in [-0.39, 0.29) is 17.6 Å². The third-order valence-electron chi connectivity index (χ3n) is 5.36. The van der Waals surface area contributed by atoms with Crippen molar-refractivity contribution in [2.75, 3.05) is 13.1 Å². The van der Waals surface area contributed by atoms with Gasteiger partial charge in [-0.25, -0.2) is 0 Å². The molecule has 6 heteroatoms. The molecule has 0 aliphatic heterocycles. The summed E-state index contributed by atoms with van der Waals surface area (Å²) in [6, 6.07) is 14.0. The van der Waals surface area contributed by atoms with Gasteiger partial charge in [-0.1, -0.05) is 55.5 Å². The highest BCUT2D eigenvalue weighted by atomic mass is 16.3. The SMILES string of the molecule is CCN(CC(C)O)C(c1ccc(C(=O)C(C)(C)O)cc1)c1ccc(C(=O)C(C)(C)O)cc1. The summed E-state index contributed by atoms with van der Waals surface area (Å²) in [7, 11) is 0. The minimum atomic E-state index is -1.45. The Kier molecular flexibility index (Phi) is 8.12. The number of carbonyl (C=O) groups is 2. The Labute approximate surface area is 190 Å². The van der Waals surface area contributed by atoms with Gasteiger partial charge in [-0.3, -0.25) is 14.5 Å². The van der Waals surface area contributed by atoms with Gasteiger partial charge in [0, 0.05) is 17.7 Å². The first kappa shape index (κ1) is 25.9. The number of aliphatic hydroxyl groups excluding tert-OH is 1. The van der Waals surface area contributed by atoms with E-state index in [0.717, 1.165) is 11.1 Å². The maximum absolute atomic E-state index is 12.4. The average Bonchev–Trinajstić information content (AvgIpc) is 2.71. The number of aliphatic hydroxyl groups is 3. The molecule has 1 unspecified atom stereocenters. The number of rotatable bonds is 10. The summed E-state index contributed by atoms with van der Waals surface area (Å²) in [6.07, 6.45) is -0.537. The maximum atomic E-state index is 12.4. The zero-order valence-corrected chi connectivity index (χ0v) is 19.8. The zero-order valence-electron chi connectivity index (χ0n) is 19.8. The fraction of sp³-hybridized carbons (Fsp3) is 0.462. The molecule has 2 aromatic carbocycles. The molecule has 32 heavy (non-hydrogen) atoms. The molecule has 0 radical (unpaired) electrons. The van der Waals surface area contributed by atoms with Gasteiger partial charge < -0.3 is 15.3 Å². The lowest BCUT2D eigenvalue weighted by Gasteiger charge is -2.33. The van der Waals surface area contributed by atoms with Crippen LogP contribution in [-0.4, -0.2) is 62.2 Å². The third kappa shape index (κ3) is 6.33. The van der Waals surface area contributed by atoms with E-state index in [1.54, 1.807) is 31.2 Å². The van der Waals surface area contributed by atoms with E-state index in [2.05, 4.69) is 4.90 Å². The van der Waals surface area contributed by atoms with Crippen molar-refractivity contribution in [2.45, 2.75) is 64.9 Å². The molecule has 0 amide bonds. The highest BCUT2D eigenvalue weighted by molar-refractivity contribution is 6.02. The van der Waals surface area contributed by atoms with E-state index in [0.29, 0.717) is 24.2 Å². The Morgan fingerprint density at radius 3 is 1.41 bits per heavy atom. The molecule has 0 fully saturated rings. The first-order valence-electron chi connectivity index (χ1n) is 10.9. The van der Waals surface area contributed by atoms with Gasteiger partial charge in [0.2, 0.25) is 0 Å². The van der Waals surface area contributed by atoms with Crippen molar-refractivity contribution in [1.29, 1.82) is 0 Å². The zero-order chi connectivity index (χ0) is 24.3. The van der Waals surface area contributed by atoms with Crippen LogP contribution in [0.1, 0.15) is 79.4 Å². The van der Waals surface area contributed by atoms with Crippen LogP contribution in [-0.2, 0) is 0 Å². The number of ketones is 2. The second-order valence-corrected chi connectivity index (χ2v) is 9.36. The standard InChI is InChI=1S/C26H35NO5/c1-7-27(16-17(2)28)22(18-8-12-20(13-9-18)23(29)25(3,4)31)19-10-14-21(15-11-19)24(30)26(5,6)32/h8-15,17,22,28,31-32H,7,16H2,1-6H3. The maximum Gasteiger partial charge on any atom is 0.193 e. The van der Waals surface area contributed by atoms with Crippen LogP contribution in [0.4, 0.5) is 0 Å². The normalized spacial score (nSPS) is 13.5. The van der Waals surface area contributed by atoms with Gasteiger partial charge in [-0.15, -0.1) is 0 Å². The van der Waals surface area contributed by atoms with Crippen LogP contribution in [0.2, 0.25) is 0 Å². The van der Waals surface area contributed by atoms with Gasteiger partial charge in [0.15, 0.2) is 11.6 Å². The van der Waals surface area contributed by atoms with Crippen molar-refractivity contribution < 1.29 is 24.9 Å². The Balaban J connectivity index is 2.48. The molecule has 3 N–H and O–H groups in total. The van der Waals surface area contributed by atoms with Crippen molar-refractivity contribution >= 4 is 11.6 Å². The van der Waals surface area contributed by atoms with Gasteiger partial charge in [0.05, 0.1) is 12.1 Å². The first-order valence-corrected chi connectivity index (χ1v) is 10.9. The van der Waals surface area contributed by atoms with Crippen molar-refractivity contribution in [3.63, 3.8) is 0 Å². The van der Waals surface area contributed by atoms with Crippen LogP contribution in [0.5, 0.6) is 0 Å².